The summed E-state index contributed by atoms with van der Waals surface area (Å²) in [4.78, 5) is 35.5. The van der Waals surface area contributed by atoms with Crippen molar-refractivity contribution in [3.63, 3.8) is 0 Å². The van der Waals surface area contributed by atoms with Crippen LogP contribution in [0.25, 0.3) is 0 Å². The van der Waals surface area contributed by atoms with Crippen molar-refractivity contribution in [2.24, 2.45) is 5.73 Å². The van der Waals surface area contributed by atoms with E-state index in [1.54, 1.807) is 11.8 Å². The summed E-state index contributed by atoms with van der Waals surface area (Å²) in [5.41, 5.74) is 11.1. The van der Waals surface area contributed by atoms with Crippen molar-refractivity contribution >= 4 is 42.3 Å². The van der Waals surface area contributed by atoms with E-state index < -0.39 is 24.0 Å². The molecule has 0 aliphatic heterocycles. The van der Waals surface area contributed by atoms with E-state index in [-0.39, 0.29) is 6.03 Å². The van der Waals surface area contributed by atoms with E-state index in [1.165, 1.54) is 64.2 Å². The molecule has 36 heavy (non-hydrogen) atoms. The average molecular weight is 548 g/mol. The van der Waals surface area contributed by atoms with Crippen LogP contribution < -0.4 is 27.2 Å². The van der Waals surface area contributed by atoms with Gasteiger partial charge in [-0.15, -0.1) is 0 Å². The summed E-state index contributed by atoms with van der Waals surface area (Å²) in [5.74, 6) is -0.430. The van der Waals surface area contributed by atoms with Gasteiger partial charge in [-0.2, -0.15) is 24.4 Å². The van der Waals surface area contributed by atoms with Crippen LogP contribution in [0.3, 0.4) is 0 Å². The molecular formula is C25H49N5O4S2. The van der Waals surface area contributed by atoms with E-state index >= 15 is 0 Å². The van der Waals surface area contributed by atoms with Crippen molar-refractivity contribution < 1.29 is 19.5 Å². The SMILES string of the molecule is NC(CCCCNC(=O)NCCS)C(=O)NNC(CSC1CCCCCCCCCCCC1)C(=O)O. The summed E-state index contributed by atoms with van der Waals surface area (Å²) < 4.78 is 0. The van der Waals surface area contributed by atoms with Crippen LogP contribution in [-0.4, -0.2) is 64.9 Å². The molecule has 0 bridgehead atoms. The highest BCUT2D eigenvalue weighted by atomic mass is 32.2. The Bertz CT molecular complexity index is 601. The molecule has 2 atom stereocenters. The highest BCUT2D eigenvalue weighted by Gasteiger charge is 2.22. The van der Waals surface area contributed by atoms with E-state index in [0.29, 0.717) is 49.1 Å². The fourth-order valence-electron chi connectivity index (χ4n) is 4.18. The predicted octanol–water partition coefficient (Wildman–Crippen LogP) is 3.58. The number of carboxylic acids is 1. The number of hydrogen-bond acceptors (Lipinski definition) is 7. The second kappa shape index (κ2) is 21.9. The second-order valence-electron chi connectivity index (χ2n) is 9.60. The highest BCUT2D eigenvalue weighted by molar-refractivity contribution is 7.99. The van der Waals surface area contributed by atoms with Crippen LogP contribution in [0.5, 0.6) is 0 Å². The van der Waals surface area contributed by atoms with Crippen LogP contribution in [0.15, 0.2) is 0 Å². The van der Waals surface area contributed by atoms with Crippen LogP contribution >= 0.6 is 24.4 Å². The fourth-order valence-corrected chi connectivity index (χ4v) is 5.65. The number of unbranched alkanes of at least 4 members (excludes halogenated alkanes) is 1. The third-order valence-corrected chi connectivity index (χ3v) is 8.12. The predicted molar refractivity (Wildman–Crippen MR) is 151 cm³/mol. The summed E-state index contributed by atoms with van der Waals surface area (Å²) in [6.45, 7) is 0.994. The molecule has 11 heteroatoms. The minimum Gasteiger partial charge on any atom is -0.480 e. The first-order valence-corrected chi connectivity index (χ1v) is 15.4. The van der Waals surface area contributed by atoms with E-state index in [0.717, 1.165) is 12.8 Å². The summed E-state index contributed by atoms with van der Waals surface area (Å²) in [6.07, 6.45) is 16.9. The van der Waals surface area contributed by atoms with Crippen LogP contribution in [0.1, 0.15) is 96.3 Å². The van der Waals surface area contributed by atoms with Gasteiger partial charge in [0, 0.05) is 29.8 Å². The van der Waals surface area contributed by atoms with Crippen molar-refractivity contribution in [2.75, 3.05) is 24.6 Å². The Kier molecular flexibility index (Phi) is 20.0. The molecule has 1 saturated carbocycles. The molecule has 7 N–H and O–H groups in total. The molecule has 1 fully saturated rings. The quantitative estimate of drug-likeness (QED) is 0.0999. The number of amides is 3. The number of hydrazine groups is 1. The van der Waals surface area contributed by atoms with Gasteiger partial charge in [0.25, 0.3) is 5.91 Å². The molecule has 9 nitrogen and oxygen atoms in total. The number of carbonyl (C=O) groups excluding carboxylic acids is 2. The number of rotatable bonds is 14. The molecule has 1 rings (SSSR count). The Balaban J connectivity index is 2.32. The first-order valence-electron chi connectivity index (χ1n) is 13.7. The third kappa shape index (κ3) is 17.3. The standard InChI is InChI=1S/C25H49N5O4S2/c26-21(15-11-12-16-27-25(34)28-17-18-35)23(31)30-29-22(24(32)33)19-36-20-13-9-7-5-3-1-2-4-6-8-10-14-20/h20-22,29,35H,1-19,26H2,(H,30,31)(H,32,33)(H2,27,28,34). The summed E-state index contributed by atoms with van der Waals surface area (Å²) >= 11 is 5.73. The van der Waals surface area contributed by atoms with Crippen molar-refractivity contribution in [1.29, 1.82) is 0 Å². The van der Waals surface area contributed by atoms with Gasteiger partial charge in [-0.3, -0.25) is 15.0 Å². The maximum absolute atomic E-state index is 12.3. The number of urea groups is 1. The van der Waals surface area contributed by atoms with Gasteiger partial charge < -0.3 is 21.5 Å². The van der Waals surface area contributed by atoms with Gasteiger partial charge in [0.15, 0.2) is 0 Å². The minimum absolute atomic E-state index is 0.236. The Labute approximate surface area is 227 Å². The Morgan fingerprint density at radius 3 is 2.00 bits per heavy atom. The molecule has 0 heterocycles. The Morgan fingerprint density at radius 2 is 1.44 bits per heavy atom. The van der Waals surface area contributed by atoms with Crippen molar-refractivity contribution in [3.05, 3.63) is 0 Å². The third-order valence-electron chi connectivity index (χ3n) is 6.43. The van der Waals surface area contributed by atoms with Crippen molar-refractivity contribution in [1.82, 2.24) is 21.5 Å². The molecular weight excluding hydrogens is 498 g/mol. The van der Waals surface area contributed by atoms with Gasteiger partial charge in [-0.1, -0.05) is 64.2 Å². The number of nitrogens with two attached hydrogens (primary N) is 1. The monoisotopic (exact) mass is 547 g/mol. The lowest BCUT2D eigenvalue weighted by atomic mass is 10.1. The zero-order chi connectivity index (χ0) is 26.4. The molecule has 0 radical (unpaired) electrons. The first-order chi connectivity index (χ1) is 17.4. The van der Waals surface area contributed by atoms with Crippen LogP contribution in [0, 0.1) is 0 Å². The second-order valence-corrected chi connectivity index (χ2v) is 11.4. The molecule has 210 valence electrons. The molecule has 1 aliphatic carbocycles. The van der Waals surface area contributed by atoms with E-state index in [1.807, 2.05) is 0 Å². The van der Waals surface area contributed by atoms with Gasteiger partial charge in [0.05, 0.1) is 6.04 Å². The smallest absolute Gasteiger partial charge is 0.323 e. The number of thioether (sulfide) groups is 1. The lowest BCUT2D eigenvalue weighted by Gasteiger charge is -2.21. The molecule has 0 aromatic rings. The molecule has 0 aromatic heterocycles. The Morgan fingerprint density at radius 1 is 0.889 bits per heavy atom. The normalized spacial score (nSPS) is 18.1. The number of aliphatic carboxylic acids is 1. The molecule has 3 amide bonds. The Hall–Kier alpha value is -1.17. The zero-order valence-corrected chi connectivity index (χ0v) is 23.5. The van der Waals surface area contributed by atoms with Gasteiger partial charge in [-0.25, -0.2) is 10.2 Å². The van der Waals surface area contributed by atoms with Crippen molar-refractivity contribution in [2.45, 2.75) is 114 Å². The zero-order valence-electron chi connectivity index (χ0n) is 21.8. The van der Waals surface area contributed by atoms with Gasteiger partial charge in [0.1, 0.15) is 6.04 Å². The number of hydrogen-bond donors (Lipinski definition) is 7. The van der Waals surface area contributed by atoms with Gasteiger partial charge in [0.2, 0.25) is 0 Å². The molecule has 0 aromatic carbocycles. The van der Waals surface area contributed by atoms with E-state index in [2.05, 4.69) is 34.1 Å². The molecule has 0 spiro atoms. The van der Waals surface area contributed by atoms with E-state index in [4.69, 9.17) is 5.73 Å². The summed E-state index contributed by atoms with van der Waals surface area (Å²) in [7, 11) is 0. The van der Waals surface area contributed by atoms with Crippen molar-refractivity contribution in [3.8, 4) is 0 Å². The maximum atomic E-state index is 12.3. The highest BCUT2D eigenvalue weighted by Crippen LogP contribution is 2.26. The lowest BCUT2D eigenvalue weighted by Crippen LogP contribution is -2.54. The number of carbonyl (C=O) groups is 3. The van der Waals surface area contributed by atoms with E-state index in [9.17, 15) is 19.5 Å². The molecule has 2 unspecified atom stereocenters. The molecule has 0 saturated heterocycles. The van der Waals surface area contributed by atoms with Gasteiger partial charge in [-0.05, 0) is 32.1 Å². The first kappa shape index (κ1) is 32.9. The van der Waals surface area contributed by atoms with Crippen LogP contribution in [-0.2, 0) is 9.59 Å². The molecule has 1 aliphatic rings. The fraction of sp³-hybridized carbons (Fsp3) is 0.880. The largest absolute Gasteiger partial charge is 0.480 e. The summed E-state index contributed by atoms with van der Waals surface area (Å²) in [5, 5.41) is 15.5. The van der Waals surface area contributed by atoms with Crippen LogP contribution in [0.2, 0.25) is 0 Å². The maximum Gasteiger partial charge on any atom is 0.323 e. The number of carboxylic acid groups (broad SMARTS) is 1. The lowest BCUT2D eigenvalue weighted by molar-refractivity contribution is -0.139. The average Bonchev–Trinajstić information content (AvgIpc) is 2.88. The van der Waals surface area contributed by atoms with Gasteiger partial charge >= 0.3 is 12.0 Å². The summed E-state index contributed by atoms with van der Waals surface area (Å²) in [6, 6.07) is -1.84. The topological polar surface area (TPSA) is 146 Å². The van der Waals surface area contributed by atoms with Crippen LogP contribution in [0.4, 0.5) is 4.79 Å². The number of nitrogens with one attached hydrogen (secondary N) is 4. The minimum atomic E-state index is -0.983. The number of thiol groups is 1.